The summed E-state index contributed by atoms with van der Waals surface area (Å²) in [4.78, 5) is 27.2. The molecule has 8 nitrogen and oxygen atoms in total. The smallest absolute Gasteiger partial charge is 0.291 e. The third-order valence-corrected chi connectivity index (χ3v) is 7.22. The van der Waals surface area contributed by atoms with Crippen LogP contribution in [0.5, 0.6) is 0 Å². The number of fused-ring (bicyclic) bond motifs is 1. The molecule has 2 aromatic carbocycles. The first-order chi connectivity index (χ1) is 16.4. The first-order valence-corrected chi connectivity index (χ1v) is 12.2. The van der Waals surface area contributed by atoms with Gasteiger partial charge in [-0.25, -0.2) is 8.42 Å². The number of hydrogen-bond donors (Lipinski definition) is 1. The van der Waals surface area contributed by atoms with E-state index < -0.39 is 15.7 Å². The van der Waals surface area contributed by atoms with Crippen molar-refractivity contribution in [3.8, 4) is 0 Å². The zero-order valence-corrected chi connectivity index (χ0v) is 18.7. The van der Waals surface area contributed by atoms with Crippen LogP contribution in [0.1, 0.15) is 32.2 Å². The maximum atomic E-state index is 12.7. The minimum Gasteiger partial charge on any atom is -0.472 e. The fraction of sp³-hybridized carbons (Fsp3) is 0.120. The van der Waals surface area contributed by atoms with E-state index in [9.17, 15) is 18.0 Å². The number of furan rings is 2. The SMILES string of the molecule is O=C(Nc1ccc2c(c1)CCN2C(=O)c1ccoc1)c1ccc(CS(=O)(=O)c2ccccc2)o1. The third-order valence-electron chi connectivity index (χ3n) is 5.57. The van der Waals surface area contributed by atoms with Crippen molar-refractivity contribution in [2.24, 2.45) is 0 Å². The minimum atomic E-state index is -3.58. The molecule has 2 amide bonds. The van der Waals surface area contributed by atoms with E-state index >= 15 is 0 Å². The van der Waals surface area contributed by atoms with Crippen molar-refractivity contribution in [3.05, 3.63) is 102 Å². The zero-order valence-electron chi connectivity index (χ0n) is 17.9. The molecule has 9 heteroatoms. The summed E-state index contributed by atoms with van der Waals surface area (Å²) in [5.74, 6) is -0.790. The fourth-order valence-corrected chi connectivity index (χ4v) is 5.17. The lowest BCUT2D eigenvalue weighted by Gasteiger charge is -2.16. The molecule has 2 aromatic heterocycles. The van der Waals surface area contributed by atoms with Crippen molar-refractivity contribution in [3.63, 3.8) is 0 Å². The third kappa shape index (κ3) is 4.25. The number of hydrogen-bond acceptors (Lipinski definition) is 6. The minimum absolute atomic E-state index is 0.00974. The highest BCUT2D eigenvalue weighted by Crippen LogP contribution is 2.32. The molecule has 4 aromatic rings. The largest absolute Gasteiger partial charge is 0.472 e. The van der Waals surface area contributed by atoms with Gasteiger partial charge >= 0.3 is 0 Å². The Hall–Kier alpha value is -4.11. The summed E-state index contributed by atoms with van der Waals surface area (Å²) in [5.41, 5.74) is 2.75. The summed E-state index contributed by atoms with van der Waals surface area (Å²) in [6.07, 6.45) is 3.53. The van der Waals surface area contributed by atoms with Crippen LogP contribution < -0.4 is 10.2 Å². The van der Waals surface area contributed by atoms with Crippen molar-refractivity contribution in [2.75, 3.05) is 16.8 Å². The van der Waals surface area contributed by atoms with Gasteiger partial charge in [0.15, 0.2) is 15.6 Å². The Bertz CT molecular complexity index is 1460. The average molecular weight is 477 g/mol. The Morgan fingerprint density at radius 3 is 2.59 bits per heavy atom. The molecule has 0 unspecified atom stereocenters. The Morgan fingerprint density at radius 1 is 1.00 bits per heavy atom. The molecule has 172 valence electrons. The maximum Gasteiger partial charge on any atom is 0.291 e. The Balaban J connectivity index is 1.27. The van der Waals surface area contributed by atoms with E-state index in [2.05, 4.69) is 5.32 Å². The van der Waals surface area contributed by atoms with Crippen molar-refractivity contribution in [2.45, 2.75) is 17.1 Å². The Kier molecular flexibility index (Phi) is 5.54. The number of amides is 2. The Labute approximate surface area is 195 Å². The second-order valence-electron chi connectivity index (χ2n) is 7.85. The fourth-order valence-electron chi connectivity index (χ4n) is 3.90. The highest BCUT2D eigenvalue weighted by atomic mass is 32.2. The molecule has 0 radical (unpaired) electrons. The first kappa shape index (κ1) is 21.7. The molecule has 0 saturated heterocycles. The van der Waals surface area contributed by atoms with E-state index in [0.717, 1.165) is 11.3 Å². The number of carbonyl (C=O) groups excluding carboxylic acids is 2. The summed E-state index contributed by atoms with van der Waals surface area (Å²) >= 11 is 0. The molecule has 34 heavy (non-hydrogen) atoms. The number of nitrogens with one attached hydrogen (secondary N) is 1. The van der Waals surface area contributed by atoms with Gasteiger partial charge < -0.3 is 19.1 Å². The van der Waals surface area contributed by atoms with Gasteiger partial charge in [-0.1, -0.05) is 18.2 Å². The predicted molar refractivity (Wildman–Crippen MR) is 125 cm³/mol. The predicted octanol–water partition coefficient (Wildman–Crippen LogP) is 4.30. The molecule has 3 heterocycles. The molecular formula is C25H20N2O6S. The monoisotopic (exact) mass is 476 g/mol. The standard InChI is InChI=1S/C25H20N2O6S/c28-24(23-9-7-20(33-23)16-34(30,31)21-4-2-1-3-5-21)26-19-6-8-22-17(14-19)10-12-27(22)25(29)18-11-13-32-15-18/h1-9,11,13-15H,10,12,16H2,(H,26,28). The molecule has 1 N–H and O–H groups in total. The van der Waals surface area contributed by atoms with Crippen LogP contribution >= 0.6 is 0 Å². The number of rotatable bonds is 6. The van der Waals surface area contributed by atoms with Crippen LogP contribution in [0.15, 0.2) is 93.0 Å². The molecule has 0 saturated carbocycles. The van der Waals surface area contributed by atoms with E-state index in [1.807, 2.05) is 6.07 Å². The topological polar surface area (TPSA) is 110 Å². The van der Waals surface area contributed by atoms with Crippen LogP contribution in [0.2, 0.25) is 0 Å². The van der Waals surface area contributed by atoms with E-state index in [-0.39, 0.29) is 28.1 Å². The van der Waals surface area contributed by atoms with Crippen LogP contribution in [-0.2, 0) is 22.0 Å². The van der Waals surface area contributed by atoms with Gasteiger partial charge in [-0.3, -0.25) is 9.59 Å². The molecule has 1 aliphatic heterocycles. The van der Waals surface area contributed by atoms with Crippen LogP contribution in [-0.4, -0.2) is 26.8 Å². The highest BCUT2D eigenvalue weighted by Gasteiger charge is 2.27. The van der Waals surface area contributed by atoms with Crippen LogP contribution in [0.3, 0.4) is 0 Å². The quantitative estimate of drug-likeness (QED) is 0.444. The van der Waals surface area contributed by atoms with Gasteiger partial charge in [0.25, 0.3) is 11.8 Å². The van der Waals surface area contributed by atoms with Gasteiger partial charge in [-0.05, 0) is 60.5 Å². The van der Waals surface area contributed by atoms with Gasteiger partial charge in [-0.15, -0.1) is 0 Å². The summed E-state index contributed by atoms with van der Waals surface area (Å²) in [6, 6.07) is 17.9. The number of benzene rings is 2. The maximum absolute atomic E-state index is 12.7. The summed E-state index contributed by atoms with van der Waals surface area (Å²) in [7, 11) is -3.58. The molecule has 0 bridgehead atoms. The van der Waals surface area contributed by atoms with Crippen molar-refractivity contribution < 1.29 is 26.8 Å². The van der Waals surface area contributed by atoms with Gasteiger partial charge in [-0.2, -0.15) is 0 Å². The lowest BCUT2D eigenvalue weighted by Crippen LogP contribution is -2.28. The molecule has 0 spiro atoms. The summed E-state index contributed by atoms with van der Waals surface area (Å²) in [5, 5.41) is 2.77. The van der Waals surface area contributed by atoms with Crippen LogP contribution in [0, 0.1) is 0 Å². The van der Waals surface area contributed by atoms with Crippen molar-refractivity contribution >= 4 is 33.0 Å². The molecule has 0 atom stereocenters. The highest BCUT2D eigenvalue weighted by molar-refractivity contribution is 7.90. The summed E-state index contributed by atoms with van der Waals surface area (Å²) in [6.45, 7) is 0.536. The lowest BCUT2D eigenvalue weighted by molar-refractivity contribution is 0.0983. The molecule has 1 aliphatic rings. The van der Waals surface area contributed by atoms with E-state index in [0.29, 0.717) is 24.2 Å². The average Bonchev–Trinajstić information content (AvgIpc) is 3.60. The normalized spacial score (nSPS) is 13.0. The van der Waals surface area contributed by atoms with Gasteiger partial charge in [0.05, 0.1) is 16.7 Å². The van der Waals surface area contributed by atoms with Gasteiger partial charge in [0.1, 0.15) is 17.8 Å². The van der Waals surface area contributed by atoms with E-state index in [4.69, 9.17) is 8.83 Å². The molecule has 0 aliphatic carbocycles. The van der Waals surface area contributed by atoms with Crippen molar-refractivity contribution in [1.82, 2.24) is 0 Å². The van der Waals surface area contributed by atoms with Crippen LogP contribution in [0.25, 0.3) is 0 Å². The van der Waals surface area contributed by atoms with E-state index in [1.54, 1.807) is 41.3 Å². The molecule has 5 rings (SSSR count). The van der Waals surface area contributed by atoms with Crippen LogP contribution in [0.4, 0.5) is 11.4 Å². The van der Waals surface area contributed by atoms with Gasteiger partial charge in [0, 0.05) is 17.9 Å². The second-order valence-corrected chi connectivity index (χ2v) is 9.84. The number of anilines is 2. The lowest BCUT2D eigenvalue weighted by atomic mass is 10.1. The van der Waals surface area contributed by atoms with E-state index in [1.165, 1.54) is 36.8 Å². The zero-order chi connectivity index (χ0) is 23.7. The number of sulfone groups is 1. The second kappa shape index (κ2) is 8.68. The number of carbonyl (C=O) groups is 2. The van der Waals surface area contributed by atoms with Crippen molar-refractivity contribution in [1.29, 1.82) is 0 Å². The summed E-state index contributed by atoms with van der Waals surface area (Å²) < 4.78 is 35.6. The molecular weight excluding hydrogens is 456 g/mol. The van der Waals surface area contributed by atoms with Gasteiger partial charge in [0.2, 0.25) is 0 Å². The molecule has 0 fully saturated rings. The Morgan fingerprint density at radius 2 is 1.82 bits per heavy atom. The first-order valence-electron chi connectivity index (χ1n) is 10.6. The number of nitrogens with zero attached hydrogens (tertiary/aromatic N) is 1.